The van der Waals surface area contributed by atoms with Crippen LogP contribution in [0.2, 0.25) is 0 Å². The summed E-state index contributed by atoms with van der Waals surface area (Å²) < 4.78 is 27.4. The molecule has 11 nitrogen and oxygen atoms in total. The van der Waals surface area contributed by atoms with Crippen LogP contribution >= 0.6 is 11.8 Å². The van der Waals surface area contributed by atoms with Gasteiger partial charge in [0.15, 0.2) is 24.5 Å². The molecule has 0 aromatic carbocycles. The monoisotopic (exact) mass is 685 g/mol. The molecule has 0 saturated carbocycles. The number of thioether (sulfide) groups is 1. The molecule has 0 aromatic rings. The summed E-state index contributed by atoms with van der Waals surface area (Å²) in [6, 6.07) is 0. The minimum Gasteiger partial charge on any atom is -0.463 e. The maximum atomic E-state index is 13.5. The SMILES string of the molecule is C=CCC(SCCCCCCCCCCCCCCCC)C(=O)N[C@@H]1O[C@H](COC(C)=O)[C@@H](OC(C)=O)[C@H](OC(C)=O)[C@H]1OC(C)=O. The van der Waals surface area contributed by atoms with E-state index in [2.05, 4.69) is 18.8 Å². The molecule has 1 amide bonds. The van der Waals surface area contributed by atoms with Crippen molar-refractivity contribution in [2.75, 3.05) is 12.4 Å². The summed E-state index contributed by atoms with van der Waals surface area (Å²) in [5, 5.41) is 2.28. The van der Waals surface area contributed by atoms with E-state index in [1.165, 1.54) is 95.7 Å². The molecule has 0 radical (unpaired) electrons. The Bertz CT molecular complexity index is 961. The molecule has 1 unspecified atom stereocenters. The molecular weight excluding hydrogens is 626 g/mol. The van der Waals surface area contributed by atoms with E-state index in [9.17, 15) is 24.0 Å². The number of esters is 4. The molecule has 1 aliphatic rings. The minimum absolute atomic E-state index is 0.367. The van der Waals surface area contributed by atoms with Crippen LogP contribution in [0.3, 0.4) is 0 Å². The van der Waals surface area contributed by atoms with Gasteiger partial charge in [0.25, 0.3) is 0 Å². The van der Waals surface area contributed by atoms with Crippen molar-refractivity contribution in [3.63, 3.8) is 0 Å². The Morgan fingerprint density at radius 3 is 1.64 bits per heavy atom. The summed E-state index contributed by atoms with van der Waals surface area (Å²) >= 11 is 1.51. The second-order valence-electron chi connectivity index (χ2n) is 12.1. The van der Waals surface area contributed by atoms with Crippen molar-refractivity contribution in [3.05, 3.63) is 12.7 Å². The number of amides is 1. The van der Waals surface area contributed by atoms with Gasteiger partial charge in [-0.15, -0.1) is 18.3 Å². The summed E-state index contributed by atoms with van der Waals surface area (Å²) in [5.74, 6) is -2.42. The Hall–Kier alpha value is -2.60. The Morgan fingerprint density at radius 2 is 1.17 bits per heavy atom. The van der Waals surface area contributed by atoms with Crippen LogP contribution in [0.1, 0.15) is 131 Å². The number of carbonyl (C=O) groups is 5. The van der Waals surface area contributed by atoms with Crippen molar-refractivity contribution in [1.29, 1.82) is 0 Å². The summed E-state index contributed by atoms with van der Waals surface area (Å²) in [7, 11) is 0. The second-order valence-corrected chi connectivity index (χ2v) is 13.4. The first-order chi connectivity index (χ1) is 22.5. The highest BCUT2D eigenvalue weighted by Gasteiger charge is 2.52. The van der Waals surface area contributed by atoms with Crippen LogP contribution in [0.4, 0.5) is 0 Å². The molecule has 0 aromatic heterocycles. The van der Waals surface area contributed by atoms with Gasteiger partial charge < -0.3 is 29.0 Å². The van der Waals surface area contributed by atoms with E-state index in [0.29, 0.717) is 6.42 Å². The van der Waals surface area contributed by atoms with E-state index < -0.39 is 59.8 Å². The molecule has 1 saturated heterocycles. The van der Waals surface area contributed by atoms with Crippen molar-refractivity contribution >= 4 is 41.5 Å². The lowest BCUT2D eigenvalue weighted by Crippen LogP contribution is -2.66. The van der Waals surface area contributed by atoms with E-state index in [1.807, 2.05) is 0 Å². The average molecular weight is 686 g/mol. The van der Waals surface area contributed by atoms with Gasteiger partial charge in [0.05, 0.1) is 5.25 Å². The van der Waals surface area contributed by atoms with Gasteiger partial charge in [0.2, 0.25) is 5.91 Å². The average Bonchev–Trinajstić information content (AvgIpc) is 2.99. The third-order valence-electron chi connectivity index (χ3n) is 7.77. The maximum Gasteiger partial charge on any atom is 0.303 e. The number of hydrogen-bond donors (Lipinski definition) is 1. The highest BCUT2D eigenvalue weighted by atomic mass is 32.2. The summed E-state index contributed by atoms with van der Waals surface area (Å²) in [5.41, 5.74) is 0. The van der Waals surface area contributed by atoms with Crippen LogP contribution in [0.15, 0.2) is 12.7 Å². The largest absolute Gasteiger partial charge is 0.463 e. The van der Waals surface area contributed by atoms with Crippen LogP contribution in [0.25, 0.3) is 0 Å². The topological polar surface area (TPSA) is 144 Å². The van der Waals surface area contributed by atoms with E-state index in [0.717, 1.165) is 39.4 Å². The molecule has 1 aliphatic heterocycles. The normalized spacial score (nSPS) is 21.3. The first-order valence-corrected chi connectivity index (χ1v) is 18.4. The fourth-order valence-electron chi connectivity index (χ4n) is 5.50. The predicted octanol–water partition coefficient (Wildman–Crippen LogP) is 6.34. The van der Waals surface area contributed by atoms with Crippen molar-refractivity contribution in [1.82, 2.24) is 5.32 Å². The highest BCUT2D eigenvalue weighted by molar-refractivity contribution is 8.00. The van der Waals surface area contributed by atoms with Crippen molar-refractivity contribution in [2.24, 2.45) is 0 Å². The first kappa shape index (κ1) is 42.4. The number of rotatable bonds is 25. The van der Waals surface area contributed by atoms with E-state index in [4.69, 9.17) is 23.7 Å². The molecule has 0 aliphatic carbocycles. The quantitative estimate of drug-likeness (QED) is 0.0497. The van der Waals surface area contributed by atoms with Crippen LogP contribution < -0.4 is 5.32 Å². The molecule has 1 rings (SSSR count). The Balaban J connectivity index is 2.72. The lowest BCUT2D eigenvalue weighted by molar-refractivity contribution is -0.256. The zero-order chi connectivity index (χ0) is 35.0. The van der Waals surface area contributed by atoms with Crippen LogP contribution in [0.5, 0.6) is 0 Å². The smallest absolute Gasteiger partial charge is 0.303 e. The second kappa shape index (κ2) is 25.4. The van der Waals surface area contributed by atoms with Gasteiger partial charge in [-0.1, -0.05) is 96.5 Å². The van der Waals surface area contributed by atoms with Gasteiger partial charge in [-0.05, 0) is 18.6 Å². The zero-order valence-electron chi connectivity index (χ0n) is 29.3. The first-order valence-electron chi connectivity index (χ1n) is 17.3. The number of unbranched alkanes of at least 4 members (excludes halogenated alkanes) is 13. The van der Waals surface area contributed by atoms with E-state index in [-0.39, 0.29) is 12.5 Å². The summed E-state index contributed by atoms with van der Waals surface area (Å²) in [4.78, 5) is 61.1. The summed E-state index contributed by atoms with van der Waals surface area (Å²) in [6.07, 6.45) is 13.4. The Kier molecular flexibility index (Phi) is 22.9. The number of ether oxygens (including phenoxy) is 5. The standard InChI is InChI=1S/C35H59NO10S/c1-7-9-10-11-12-13-14-15-16-17-18-19-20-21-23-47-30(22-8-2)34(41)36-35-33(45-28(6)40)32(44-27(5)39)31(43-26(4)38)29(46-35)24-42-25(3)37/h8,29-33,35H,2,7,9-24H2,1,3-6H3,(H,36,41)/t29-,30?,31-,32+,33-,35-/m1/s1. The van der Waals surface area contributed by atoms with Crippen LogP contribution in [-0.4, -0.2) is 78.0 Å². The number of carbonyl (C=O) groups excluding carboxylic acids is 5. The molecule has 0 bridgehead atoms. The Morgan fingerprint density at radius 1 is 0.702 bits per heavy atom. The molecule has 1 fully saturated rings. The van der Waals surface area contributed by atoms with Crippen molar-refractivity contribution in [2.45, 2.75) is 167 Å². The van der Waals surface area contributed by atoms with E-state index in [1.54, 1.807) is 6.08 Å². The molecular formula is C35H59NO10S. The fourth-order valence-corrected chi connectivity index (χ4v) is 6.65. The number of nitrogens with one attached hydrogen (secondary N) is 1. The third kappa shape index (κ3) is 19.1. The molecule has 6 atom stereocenters. The van der Waals surface area contributed by atoms with E-state index >= 15 is 0 Å². The highest BCUT2D eigenvalue weighted by Crippen LogP contribution is 2.29. The fraction of sp³-hybridized carbons (Fsp3) is 0.800. The maximum absolute atomic E-state index is 13.5. The van der Waals surface area contributed by atoms with Gasteiger partial charge in [-0.2, -0.15) is 0 Å². The number of hydrogen-bond acceptors (Lipinski definition) is 11. The molecule has 47 heavy (non-hydrogen) atoms. The minimum atomic E-state index is -1.35. The van der Waals surface area contributed by atoms with Gasteiger partial charge in [0.1, 0.15) is 12.7 Å². The molecule has 1 N–H and O–H groups in total. The zero-order valence-corrected chi connectivity index (χ0v) is 30.1. The predicted molar refractivity (Wildman–Crippen MR) is 181 cm³/mol. The lowest BCUT2D eigenvalue weighted by Gasteiger charge is -2.44. The van der Waals surface area contributed by atoms with Gasteiger partial charge >= 0.3 is 23.9 Å². The molecule has 1 heterocycles. The van der Waals surface area contributed by atoms with Crippen molar-refractivity contribution in [3.8, 4) is 0 Å². The Labute approximate surface area is 286 Å². The van der Waals surface area contributed by atoms with Crippen LogP contribution in [0, 0.1) is 0 Å². The number of allylic oxidation sites excluding steroid dienone is 1. The molecule has 12 heteroatoms. The van der Waals surface area contributed by atoms with Crippen molar-refractivity contribution < 1.29 is 47.7 Å². The molecule has 0 spiro atoms. The van der Waals surface area contributed by atoms with Gasteiger partial charge in [-0.25, -0.2) is 0 Å². The summed E-state index contributed by atoms with van der Waals surface area (Å²) in [6.45, 7) is 10.3. The van der Waals surface area contributed by atoms with Crippen LogP contribution in [-0.2, 0) is 47.7 Å². The van der Waals surface area contributed by atoms with Gasteiger partial charge in [0, 0.05) is 27.7 Å². The lowest BCUT2D eigenvalue weighted by atomic mass is 9.97. The third-order valence-corrected chi connectivity index (χ3v) is 9.10. The molecule has 270 valence electrons. The van der Waals surface area contributed by atoms with Gasteiger partial charge in [-0.3, -0.25) is 24.0 Å².